The molecule has 3 N–H and O–H groups in total. The van der Waals surface area contributed by atoms with Crippen LogP contribution >= 0.6 is 0 Å². The first kappa shape index (κ1) is 16.8. The number of nitrogens with zero attached hydrogens (tertiary/aromatic N) is 1. The Labute approximate surface area is 146 Å². The maximum atomic E-state index is 12.0. The molecular weight excluding hydrogens is 318 g/mol. The van der Waals surface area contributed by atoms with E-state index in [-0.39, 0.29) is 5.91 Å². The first-order chi connectivity index (χ1) is 12.1. The normalized spacial score (nSPS) is 15.1. The molecule has 130 valence electrons. The van der Waals surface area contributed by atoms with Gasteiger partial charge in [0.1, 0.15) is 11.8 Å². The maximum Gasteiger partial charge on any atom is 0.244 e. The summed E-state index contributed by atoms with van der Waals surface area (Å²) in [5.41, 5.74) is 7.77. The van der Waals surface area contributed by atoms with Crippen LogP contribution in [0.25, 0.3) is 0 Å². The van der Waals surface area contributed by atoms with Crippen molar-refractivity contribution in [3.63, 3.8) is 0 Å². The topological polar surface area (TPSA) is 84.7 Å². The SMILES string of the molecule is COc1cc(NC(C(N)=O)c2ccccc2)ccc1N1CCCC1=O. The van der Waals surface area contributed by atoms with Crippen molar-refractivity contribution in [3.8, 4) is 5.75 Å². The lowest BCUT2D eigenvalue weighted by Gasteiger charge is -2.21. The minimum absolute atomic E-state index is 0.0957. The van der Waals surface area contributed by atoms with Crippen LogP contribution in [0.3, 0.4) is 0 Å². The quantitative estimate of drug-likeness (QED) is 0.847. The van der Waals surface area contributed by atoms with Gasteiger partial charge in [0.05, 0.1) is 12.8 Å². The van der Waals surface area contributed by atoms with Gasteiger partial charge in [0.2, 0.25) is 11.8 Å². The first-order valence-electron chi connectivity index (χ1n) is 8.19. The highest BCUT2D eigenvalue weighted by molar-refractivity contribution is 5.97. The van der Waals surface area contributed by atoms with E-state index in [1.54, 1.807) is 18.1 Å². The molecule has 1 heterocycles. The Morgan fingerprint density at radius 1 is 1.24 bits per heavy atom. The van der Waals surface area contributed by atoms with Gasteiger partial charge in [-0.3, -0.25) is 9.59 Å². The highest BCUT2D eigenvalue weighted by Gasteiger charge is 2.25. The van der Waals surface area contributed by atoms with Gasteiger partial charge >= 0.3 is 0 Å². The Morgan fingerprint density at radius 2 is 2.00 bits per heavy atom. The average Bonchev–Trinajstić information content (AvgIpc) is 3.05. The number of carbonyl (C=O) groups is 2. The number of hydrogen-bond donors (Lipinski definition) is 2. The summed E-state index contributed by atoms with van der Waals surface area (Å²) in [7, 11) is 1.56. The van der Waals surface area contributed by atoms with E-state index in [9.17, 15) is 9.59 Å². The van der Waals surface area contributed by atoms with Crippen LogP contribution in [0.2, 0.25) is 0 Å². The van der Waals surface area contributed by atoms with Crippen molar-refractivity contribution in [1.29, 1.82) is 0 Å². The van der Waals surface area contributed by atoms with Crippen LogP contribution in [0, 0.1) is 0 Å². The molecule has 0 radical (unpaired) electrons. The van der Waals surface area contributed by atoms with E-state index in [1.165, 1.54) is 0 Å². The number of ether oxygens (including phenoxy) is 1. The lowest BCUT2D eigenvalue weighted by Crippen LogP contribution is -2.28. The van der Waals surface area contributed by atoms with Gasteiger partial charge in [-0.25, -0.2) is 0 Å². The fraction of sp³-hybridized carbons (Fsp3) is 0.263. The molecule has 1 aliphatic rings. The molecular formula is C19H21N3O3. The van der Waals surface area contributed by atoms with E-state index in [0.29, 0.717) is 24.4 Å². The molecule has 6 nitrogen and oxygen atoms in total. The van der Waals surface area contributed by atoms with Crippen LogP contribution < -0.4 is 20.7 Å². The Hall–Kier alpha value is -3.02. The maximum absolute atomic E-state index is 12.0. The van der Waals surface area contributed by atoms with E-state index in [0.717, 1.165) is 17.7 Å². The minimum atomic E-state index is -0.648. The summed E-state index contributed by atoms with van der Waals surface area (Å²) in [6, 6.07) is 14.1. The van der Waals surface area contributed by atoms with Gasteiger partial charge in [0.25, 0.3) is 0 Å². The number of primary amides is 1. The zero-order valence-corrected chi connectivity index (χ0v) is 14.1. The Balaban J connectivity index is 1.87. The molecule has 1 aliphatic heterocycles. The van der Waals surface area contributed by atoms with Crippen molar-refractivity contribution in [3.05, 3.63) is 54.1 Å². The molecule has 0 spiro atoms. The molecule has 25 heavy (non-hydrogen) atoms. The smallest absolute Gasteiger partial charge is 0.244 e. The number of rotatable bonds is 6. The predicted molar refractivity (Wildman–Crippen MR) is 96.6 cm³/mol. The number of nitrogens with two attached hydrogens (primary N) is 1. The summed E-state index contributed by atoms with van der Waals surface area (Å²) in [6.07, 6.45) is 1.40. The zero-order chi connectivity index (χ0) is 17.8. The predicted octanol–water partition coefficient (Wildman–Crippen LogP) is 2.46. The summed E-state index contributed by atoms with van der Waals surface area (Å²) in [4.78, 5) is 25.6. The second kappa shape index (κ2) is 7.25. The molecule has 1 atom stereocenters. The van der Waals surface area contributed by atoms with Gasteiger partial charge in [0.15, 0.2) is 0 Å². The molecule has 1 fully saturated rings. The lowest BCUT2D eigenvalue weighted by molar-refractivity contribution is -0.119. The van der Waals surface area contributed by atoms with Crippen LogP contribution in [-0.4, -0.2) is 25.5 Å². The van der Waals surface area contributed by atoms with Crippen molar-refractivity contribution in [1.82, 2.24) is 0 Å². The van der Waals surface area contributed by atoms with Crippen LogP contribution in [0.4, 0.5) is 11.4 Å². The first-order valence-corrected chi connectivity index (χ1v) is 8.19. The van der Waals surface area contributed by atoms with Crippen molar-refractivity contribution < 1.29 is 14.3 Å². The van der Waals surface area contributed by atoms with Crippen molar-refractivity contribution >= 4 is 23.2 Å². The lowest BCUT2D eigenvalue weighted by atomic mass is 10.1. The van der Waals surface area contributed by atoms with E-state index in [1.807, 2.05) is 42.5 Å². The van der Waals surface area contributed by atoms with Gasteiger partial charge in [-0.05, 0) is 24.1 Å². The fourth-order valence-electron chi connectivity index (χ4n) is 3.02. The van der Waals surface area contributed by atoms with E-state index in [4.69, 9.17) is 10.5 Å². The Bertz CT molecular complexity index is 777. The third-order valence-electron chi connectivity index (χ3n) is 4.27. The second-order valence-corrected chi connectivity index (χ2v) is 5.93. The van der Waals surface area contributed by atoms with Gasteiger partial charge < -0.3 is 20.7 Å². The number of nitrogens with one attached hydrogen (secondary N) is 1. The largest absolute Gasteiger partial charge is 0.494 e. The van der Waals surface area contributed by atoms with Crippen molar-refractivity contribution in [2.45, 2.75) is 18.9 Å². The number of benzene rings is 2. The van der Waals surface area contributed by atoms with Crippen LogP contribution in [0.15, 0.2) is 48.5 Å². The summed E-state index contributed by atoms with van der Waals surface area (Å²) in [6.45, 7) is 0.690. The van der Waals surface area contributed by atoms with Crippen molar-refractivity contribution in [2.75, 3.05) is 23.9 Å². The third-order valence-corrected chi connectivity index (χ3v) is 4.27. The summed E-state index contributed by atoms with van der Waals surface area (Å²) in [5.74, 6) is 0.207. The van der Waals surface area contributed by atoms with Crippen LogP contribution in [0.5, 0.6) is 5.75 Å². The molecule has 1 unspecified atom stereocenters. The molecule has 2 aromatic rings. The third kappa shape index (κ3) is 3.57. The highest BCUT2D eigenvalue weighted by Crippen LogP contribution is 2.34. The number of methoxy groups -OCH3 is 1. The highest BCUT2D eigenvalue weighted by atomic mass is 16.5. The zero-order valence-electron chi connectivity index (χ0n) is 14.1. The minimum Gasteiger partial charge on any atom is -0.494 e. The fourth-order valence-corrected chi connectivity index (χ4v) is 3.02. The van der Waals surface area contributed by atoms with Crippen LogP contribution in [0.1, 0.15) is 24.4 Å². The van der Waals surface area contributed by atoms with Crippen LogP contribution in [-0.2, 0) is 9.59 Å². The van der Waals surface area contributed by atoms with E-state index >= 15 is 0 Å². The van der Waals surface area contributed by atoms with Gasteiger partial charge in [-0.1, -0.05) is 30.3 Å². The van der Waals surface area contributed by atoms with Gasteiger partial charge in [-0.15, -0.1) is 0 Å². The molecule has 0 aliphatic carbocycles. The van der Waals surface area contributed by atoms with Crippen molar-refractivity contribution in [2.24, 2.45) is 5.73 Å². The van der Waals surface area contributed by atoms with Gasteiger partial charge in [-0.2, -0.15) is 0 Å². The number of amides is 2. The standard InChI is InChI=1S/C19H21N3O3/c1-25-16-12-14(9-10-15(16)22-11-5-8-17(22)23)21-18(19(20)24)13-6-3-2-4-7-13/h2-4,6-7,9-10,12,18,21H,5,8,11H2,1H3,(H2,20,24). The number of carbonyl (C=O) groups excluding carboxylic acids is 2. The monoisotopic (exact) mass is 339 g/mol. The van der Waals surface area contributed by atoms with E-state index in [2.05, 4.69) is 5.32 Å². The Morgan fingerprint density at radius 3 is 2.60 bits per heavy atom. The summed E-state index contributed by atoms with van der Waals surface area (Å²) < 4.78 is 5.44. The molecule has 0 bridgehead atoms. The molecule has 2 amide bonds. The number of anilines is 2. The van der Waals surface area contributed by atoms with Gasteiger partial charge in [0, 0.05) is 24.7 Å². The second-order valence-electron chi connectivity index (χ2n) is 5.93. The summed E-state index contributed by atoms with van der Waals surface area (Å²) in [5, 5.41) is 3.14. The van der Waals surface area contributed by atoms with E-state index < -0.39 is 11.9 Å². The molecule has 3 rings (SSSR count). The molecule has 0 aromatic heterocycles. The molecule has 1 saturated heterocycles. The molecule has 6 heteroatoms. The molecule has 0 saturated carbocycles. The average molecular weight is 339 g/mol. The summed E-state index contributed by atoms with van der Waals surface area (Å²) >= 11 is 0. The molecule has 2 aromatic carbocycles. The number of hydrogen-bond acceptors (Lipinski definition) is 4. The Kier molecular flexibility index (Phi) is 4.88.